The Kier molecular flexibility index (Phi) is 3.10. The minimum atomic E-state index is -0.412. The van der Waals surface area contributed by atoms with E-state index in [9.17, 15) is 4.79 Å². The van der Waals surface area contributed by atoms with Crippen molar-refractivity contribution in [2.45, 2.75) is 45.3 Å². The van der Waals surface area contributed by atoms with Crippen molar-refractivity contribution in [3.8, 4) is 0 Å². The lowest BCUT2D eigenvalue weighted by Gasteiger charge is -2.34. The number of ether oxygens (including phenoxy) is 2. The van der Waals surface area contributed by atoms with E-state index < -0.39 is 5.60 Å². The molecule has 2 rings (SSSR count). The second-order valence-electron chi connectivity index (χ2n) is 5.67. The van der Waals surface area contributed by atoms with Crippen molar-refractivity contribution in [1.29, 1.82) is 0 Å². The highest BCUT2D eigenvalue weighted by molar-refractivity contribution is 5.68. The van der Waals surface area contributed by atoms with Crippen LogP contribution in [0.3, 0.4) is 0 Å². The predicted molar refractivity (Wildman–Crippen MR) is 60.3 cm³/mol. The van der Waals surface area contributed by atoms with E-state index in [1.165, 1.54) is 12.8 Å². The van der Waals surface area contributed by atoms with Crippen LogP contribution in [0.4, 0.5) is 4.79 Å². The van der Waals surface area contributed by atoms with E-state index in [2.05, 4.69) is 0 Å². The number of amides is 1. The highest BCUT2D eigenvalue weighted by Gasteiger charge is 2.37. The standard InChI is InChI=1S/C12H21NO3/c1-12(2,3)16-11(14)13-6-7-15-10(8-13)9-4-5-9/h9-10H,4-8H2,1-3H3. The van der Waals surface area contributed by atoms with Gasteiger partial charge in [0.15, 0.2) is 0 Å². The van der Waals surface area contributed by atoms with Gasteiger partial charge in [-0.15, -0.1) is 0 Å². The summed E-state index contributed by atoms with van der Waals surface area (Å²) in [5.41, 5.74) is -0.412. The normalized spacial score (nSPS) is 26.7. The zero-order chi connectivity index (χ0) is 11.8. The van der Waals surface area contributed by atoms with Gasteiger partial charge in [0, 0.05) is 6.54 Å². The Bertz CT molecular complexity index is 268. The Morgan fingerprint density at radius 1 is 1.38 bits per heavy atom. The molecule has 1 amide bonds. The fourth-order valence-corrected chi connectivity index (χ4v) is 1.92. The zero-order valence-corrected chi connectivity index (χ0v) is 10.4. The van der Waals surface area contributed by atoms with E-state index in [0.717, 1.165) is 0 Å². The third kappa shape index (κ3) is 3.11. The molecule has 1 atom stereocenters. The molecule has 1 saturated heterocycles. The first kappa shape index (κ1) is 11.7. The molecule has 2 fully saturated rings. The number of carbonyl (C=O) groups excluding carboxylic acids is 1. The van der Waals surface area contributed by atoms with Gasteiger partial charge >= 0.3 is 6.09 Å². The molecule has 0 radical (unpaired) electrons. The second-order valence-corrected chi connectivity index (χ2v) is 5.67. The number of morpholine rings is 1. The molecular weight excluding hydrogens is 206 g/mol. The van der Waals surface area contributed by atoms with Crippen LogP contribution in [0, 0.1) is 5.92 Å². The van der Waals surface area contributed by atoms with Gasteiger partial charge in [0.25, 0.3) is 0 Å². The van der Waals surface area contributed by atoms with Crippen LogP contribution in [-0.2, 0) is 9.47 Å². The molecule has 0 bridgehead atoms. The van der Waals surface area contributed by atoms with Crippen LogP contribution in [0.2, 0.25) is 0 Å². The SMILES string of the molecule is CC(C)(C)OC(=O)N1CCOC(C2CC2)C1. The van der Waals surface area contributed by atoms with Gasteiger partial charge in [-0.2, -0.15) is 0 Å². The molecule has 4 heteroatoms. The Labute approximate surface area is 96.9 Å². The van der Waals surface area contributed by atoms with Crippen LogP contribution in [0.25, 0.3) is 0 Å². The lowest BCUT2D eigenvalue weighted by atomic mass is 10.2. The summed E-state index contributed by atoms with van der Waals surface area (Å²) in [5.74, 6) is 0.672. The van der Waals surface area contributed by atoms with E-state index >= 15 is 0 Å². The van der Waals surface area contributed by atoms with Crippen LogP contribution < -0.4 is 0 Å². The number of nitrogens with zero attached hydrogens (tertiary/aromatic N) is 1. The van der Waals surface area contributed by atoms with E-state index in [4.69, 9.17) is 9.47 Å². The first-order valence-electron chi connectivity index (χ1n) is 6.05. The number of hydrogen-bond donors (Lipinski definition) is 0. The predicted octanol–water partition coefficient (Wildman–Crippen LogP) is 2.03. The van der Waals surface area contributed by atoms with Crippen LogP contribution in [0.1, 0.15) is 33.6 Å². The Morgan fingerprint density at radius 2 is 2.06 bits per heavy atom. The van der Waals surface area contributed by atoms with E-state index in [1.807, 2.05) is 20.8 Å². The molecular formula is C12H21NO3. The molecule has 2 aliphatic rings. The highest BCUT2D eigenvalue weighted by Crippen LogP contribution is 2.35. The van der Waals surface area contributed by atoms with Gasteiger partial charge in [0.05, 0.1) is 19.3 Å². The first-order chi connectivity index (χ1) is 7.46. The molecule has 0 N–H and O–H groups in total. The summed E-state index contributed by atoms with van der Waals surface area (Å²) in [6, 6.07) is 0. The molecule has 1 aliphatic carbocycles. The van der Waals surface area contributed by atoms with Crippen molar-refractivity contribution >= 4 is 6.09 Å². The average Bonchev–Trinajstić information content (AvgIpc) is 2.98. The number of rotatable bonds is 1. The van der Waals surface area contributed by atoms with Gasteiger partial charge < -0.3 is 14.4 Å². The maximum atomic E-state index is 11.9. The van der Waals surface area contributed by atoms with Gasteiger partial charge in [-0.1, -0.05) is 0 Å². The third-order valence-corrected chi connectivity index (χ3v) is 2.89. The minimum Gasteiger partial charge on any atom is -0.444 e. The number of carbonyl (C=O) groups is 1. The maximum absolute atomic E-state index is 11.9. The summed E-state index contributed by atoms with van der Waals surface area (Å²) in [7, 11) is 0. The van der Waals surface area contributed by atoms with Crippen LogP contribution in [-0.4, -0.2) is 42.4 Å². The number of hydrogen-bond acceptors (Lipinski definition) is 3. The van der Waals surface area contributed by atoms with Gasteiger partial charge in [-0.05, 0) is 39.5 Å². The van der Waals surface area contributed by atoms with Crippen LogP contribution in [0.15, 0.2) is 0 Å². The average molecular weight is 227 g/mol. The summed E-state index contributed by atoms with van der Waals surface area (Å²) >= 11 is 0. The molecule has 0 aromatic heterocycles. The van der Waals surface area contributed by atoms with E-state index in [-0.39, 0.29) is 12.2 Å². The van der Waals surface area contributed by atoms with Crippen LogP contribution in [0.5, 0.6) is 0 Å². The Hall–Kier alpha value is -0.770. The molecule has 1 unspecified atom stereocenters. The molecule has 92 valence electrons. The Morgan fingerprint density at radius 3 is 2.62 bits per heavy atom. The molecule has 4 nitrogen and oxygen atoms in total. The topological polar surface area (TPSA) is 38.8 Å². The summed E-state index contributed by atoms with van der Waals surface area (Å²) in [6.07, 6.45) is 2.52. The van der Waals surface area contributed by atoms with E-state index in [1.54, 1.807) is 4.90 Å². The van der Waals surface area contributed by atoms with Crippen molar-refractivity contribution in [3.63, 3.8) is 0 Å². The summed E-state index contributed by atoms with van der Waals surface area (Å²) < 4.78 is 11.0. The van der Waals surface area contributed by atoms with Gasteiger partial charge in [-0.3, -0.25) is 0 Å². The minimum absolute atomic E-state index is 0.207. The molecule has 0 aromatic carbocycles. The fourth-order valence-electron chi connectivity index (χ4n) is 1.92. The molecule has 16 heavy (non-hydrogen) atoms. The second kappa shape index (κ2) is 4.24. The first-order valence-corrected chi connectivity index (χ1v) is 6.05. The van der Waals surface area contributed by atoms with Crippen molar-refractivity contribution < 1.29 is 14.3 Å². The lowest BCUT2D eigenvalue weighted by molar-refractivity contribution is -0.0495. The quantitative estimate of drug-likeness (QED) is 0.688. The molecule has 1 aliphatic heterocycles. The summed E-state index contributed by atoms with van der Waals surface area (Å²) in [6.45, 7) is 7.66. The monoisotopic (exact) mass is 227 g/mol. The highest BCUT2D eigenvalue weighted by atomic mass is 16.6. The van der Waals surface area contributed by atoms with Gasteiger partial charge in [0.2, 0.25) is 0 Å². The summed E-state index contributed by atoms with van der Waals surface area (Å²) in [5, 5.41) is 0. The van der Waals surface area contributed by atoms with Crippen molar-refractivity contribution in [3.05, 3.63) is 0 Å². The summed E-state index contributed by atoms with van der Waals surface area (Å²) in [4.78, 5) is 13.6. The Balaban J connectivity index is 1.86. The molecule has 1 heterocycles. The van der Waals surface area contributed by atoms with Crippen molar-refractivity contribution in [2.75, 3.05) is 19.7 Å². The van der Waals surface area contributed by atoms with Crippen molar-refractivity contribution in [1.82, 2.24) is 4.90 Å². The third-order valence-electron chi connectivity index (χ3n) is 2.89. The van der Waals surface area contributed by atoms with Gasteiger partial charge in [0.1, 0.15) is 5.60 Å². The van der Waals surface area contributed by atoms with E-state index in [0.29, 0.717) is 25.6 Å². The van der Waals surface area contributed by atoms with Gasteiger partial charge in [-0.25, -0.2) is 4.79 Å². The lowest BCUT2D eigenvalue weighted by Crippen LogP contribution is -2.48. The molecule has 1 saturated carbocycles. The van der Waals surface area contributed by atoms with Crippen molar-refractivity contribution in [2.24, 2.45) is 5.92 Å². The largest absolute Gasteiger partial charge is 0.444 e. The maximum Gasteiger partial charge on any atom is 0.410 e. The smallest absolute Gasteiger partial charge is 0.410 e. The molecule has 0 aromatic rings. The zero-order valence-electron chi connectivity index (χ0n) is 10.4. The fraction of sp³-hybridized carbons (Fsp3) is 0.917. The van der Waals surface area contributed by atoms with Crippen LogP contribution >= 0.6 is 0 Å². The molecule has 0 spiro atoms.